The first-order valence-electron chi connectivity index (χ1n) is 11.1. The number of carbonyl (C=O) groups is 1. The highest BCUT2D eigenvalue weighted by molar-refractivity contribution is 6.14. The van der Waals surface area contributed by atoms with Crippen molar-refractivity contribution in [2.24, 2.45) is 5.34 Å². The van der Waals surface area contributed by atoms with E-state index in [1.54, 1.807) is 19.1 Å². The van der Waals surface area contributed by atoms with Crippen LogP contribution in [0, 0.1) is 100 Å². The van der Waals surface area contributed by atoms with Crippen LogP contribution in [0.4, 0.5) is 5.69 Å². The molecule has 0 saturated heterocycles. The number of fused-ring (bicyclic) bond motifs is 1. The number of para-hydroxylation sites is 1. The molecule has 2 aromatic rings. The summed E-state index contributed by atoms with van der Waals surface area (Å²) in [6, 6.07) is 15.3. The van der Waals surface area contributed by atoms with Gasteiger partial charge in [-0.2, -0.15) is 0 Å². The number of benzene rings is 2. The summed E-state index contributed by atoms with van der Waals surface area (Å²) in [5.41, 5.74) is 2.70. The monoisotopic (exact) mass is 530 g/mol. The van der Waals surface area contributed by atoms with E-state index < -0.39 is 0 Å². The SMILES string of the molecule is C#CC#CC#CC#CC#CC#CC#CC#CC.CN(C)c1ccc(/C=C2\Oc3ccccc3C2=O)cc1.O=NO.[HH].[HH].[HH].[HH].[HH]. The van der Waals surface area contributed by atoms with Crippen LogP contribution in [0.25, 0.3) is 6.08 Å². The summed E-state index contributed by atoms with van der Waals surface area (Å²) in [4.78, 5) is 22.3. The lowest BCUT2D eigenvalue weighted by atomic mass is 10.1. The highest BCUT2D eigenvalue weighted by atomic mass is 16.6. The van der Waals surface area contributed by atoms with Crippen molar-refractivity contribution in [2.45, 2.75) is 6.92 Å². The van der Waals surface area contributed by atoms with Crippen molar-refractivity contribution in [2.75, 3.05) is 19.0 Å². The number of ketones is 1. The topological polar surface area (TPSA) is 79.2 Å². The van der Waals surface area contributed by atoms with Gasteiger partial charge in [-0.25, -0.2) is 0 Å². The fraction of sp³-hybridized carbons (Fsp3) is 0.0882. The van der Waals surface area contributed by atoms with Crippen LogP contribution in [0.2, 0.25) is 0 Å². The summed E-state index contributed by atoms with van der Waals surface area (Å²) in [7, 11) is 3.99. The van der Waals surface area contributed by atoms with E-state index in [-0.39, 0.29) is 12.9 Å². The second-order valence-electron chi connectivity index (χ2n) is 7.02. The molecule has 40 heavy (non-hydrogen) atoms. The third-order valence-electron chi connectivity index (χ3n) is 4.23. The average Bonchev–Trinajstić information content (AvgIpc) is 3.27. The molecular formula is C34H30N2O4. The van der Waals surface area contributed by atoms with Crippen molar-refractivity contribution in [3.05, 3.63) is 70.3 Å². The van der Waals surface area contributed by atoms with Crippen molar-refractivity contribution >= 4 is 17.5 Å². The van der Waals surface area contributed by atoms with Crippen molar-refractivity contribution in [3.63, 3.8) is 0 Å². The van der Waals surface area contributed by atoms with Crippen LogP contribution in [0.3, 0.4) is 0 Å². The molecule has 200 valence electrons. The molecule has 0 unspecified atom stereocenters. The van der Waals surface area contributed by atoms with E-state index >= 15 is 0 Å². The van der Waals surface area contributed by atoms with Gasteiger partial charge in [0.1, 0.15) is 5.75 Å². The normalized spacial score (nSPS) is 9.45. The van der Waals surface area contributed by atoms with Crippen molar-refractivity contribution in [1.82, 2.24) is 0 Å². The summed E-state index contributed by atoms with van der Waals surface area (Å²) < 4.78 is 5.60. The molecule has 1 N–H and O–H groups in total. The Morgan fingerprint density at radius 2 is 1.30 bits per heavy atom. The van der Waals surface area contributed by atoms with Gasteiger partial charge in [-0.15, -0.1) is 11.3 Å². The predicted octanol–water partition coefficient (Wildman–Crippen LogP) is 5.40. The quantitative estimate of drug-likeness (QED) is 0.243. The summed E-state index contributed by atoms with van der Waals surface area (Å²) >= 11 is 0. The van der Waals surface area contributed by atoms with Gasteiger partial charge in [-0.05, 0) is 126 Å². The molecule has 1 aliphatic heterocycles. The molecule has 0 aromatic heterocycles. The number of anilines is 1. The molecule has 6 nitrogen and oxygen atoms in total. The van der Waals surface area contributed by atoms with Crippen molar-refractivity contribution in [3.8, 4) is 101 Å². The van der Waals surface area contributed by atoms with Gasteiger partial charge in [0.2, 0.25) is 5.78 Å². The minimum absolute atomic E-state index is 0. The molecule has 0 spiro atoms. The lowest BCUT2D eigenvalue weighted by Gasteiger charge is -2.11. The van der Waals surface area contributed by atoms with E-state index in [0.29, 0.717) is 17.1 Å². The maximum Gasteiger partial charge on any atom is 0.231 e. The van der Waals surface area contributed by atoms with Crippen molar-refractivity contribution in [1.29, 1.82) is 0 Å². The van der Waals surface area contributed by atoms with Crippen LogP contribution in [-0.2, 0) is 0 Å². The number of rotatable bonds is 2. The Balaban J connectivity index is -0.000000200. The van der Waals surface area contributed by atoms with Gasteiger partial charge in [-0.1, -0.05) is 30.2 Å². The maximum atomic E-state index is 12.2. The Hall–Kier alpha value is -6.67. The Labute approximate surface area is 242 Å². The summed E-state index contributed by atoms with van der Waals surface area (Å²) in [6.45, 7) is 1.70. The van der Waals surface area contributed by atoms with Crippen LogP contribution < -0.4 is 9.64 Å². The highest BCUT2D eigenvalue weighted by Crippen LogP contribution is 2.31. The van der Waals surface area contributed by atoms with E-state index in [1.807, 2.05) is 61.5 Å². The number of hydrogen-bond acceptors (Lipinski definition) is 5. The van der Waals surface area contributed by atoms with E-state index in [2.05, 4.69) is 88.8 Å². The zero-order chi connectivity index (χ0) is 29.4. The Bertz CT molecular complexity index is 1760. The third kappa shape index (κ3) is 12.3. The Morgan fingerprint density at radius 1 is 0.825 bits per heavy atom. The molecule has 0 bridgehead atoms. The molecule has 0 atom stereocenters. The number of allylic oxidation sites excluding steroid dienone is 1. The molecule has 0 aliphatic carbocycles. The number of Topliss-reactive ketones (excluding diaryl/α,β-unsaturated/α-hetero) is 1. The van der Waals surface area contributed by atoms with E-state index in [0.717, 1.165) is 11.3 Å². The smallest absolute Gasteiger partial charge is 0.231 e. The van der Waals surface area contributed by atoms with Crippen LogP contribution in [0.1, 0.15) is 30.0 Å². The fourth-order valence-corrected chi connectivity index (χ4v) is 2.60. The largest absolute Gasteiger partial charge is 0.452 e. The summed E-state index contributed by atoms with van der Waals surface area (Å²) in [5.74, 6) is 37.9. The Morgan fingerprint density at radius 3 is 1.75 bits per heavy atom. The maximum absolute atomic E-state index is 12.2. The van der Waals surface area contributed by atoms with Gasteiger partial charge >= 0.3 is 0 Å². The second-order valence-corrected chi connectivity index (χ2v) is 7.02. The predicted molar refractivity (Wildman–Crippen MR) is 167 cm³/mol. The molecular weight excluding hydrogens is 500 g/mol. The lowest BCUT2D eigenvalue weighted by Crippen LogP contribution is -2.08. The molecule has 3 rings (SSSR count). The highest BCUT2D eigenvalue weighted by Gasteiger charge is 2.26. The fourth-order valence-electron chi connectivity index (χ4n) is 2.60. The van der Waals surface area contributed by atoms with Gasteiger partial charge in [0, 0.05) is 26.9 Å². The first kappa shape index (κ1) is 31.4. The number of carbonyl (C=O) groups excluding carboxylic acids is 1. The van der Waals surface area contributed by atoms with Gasteiger partial charge in [0.25, 0.3) is 0 Å². The van der Waals surface area contributed by atoms with Crippen LogP contribution in [0.5, 0.6) is 5.75 Å². The molecule has 6 heteroatoms. The molecule has 0 saturated carbocycles. The Kier molecular flexibility index (Phi) is 15.3. The van der Waals surface area contributed by atoms with Crippen molar-refractivity contribution < 1.29 is 21.9 Å². The van der Waals surface area contributed by atoms with Gasteiger partial charge < -0.3 is 14.8 Å². The summed E-state index contributed by atoms with van der Waals surface area (Å²) in [5, 5.41) is 7.89. The molecule has 1 heterocycles. The number of terminal acetylenes is 1. The molecule has 1 aliphatic rings. The molecule has 0 radical (unpaired) electrons. The van der Waals surface area contributed by atoms with E-state index in [9.17, 15) is 4.79 Å². The van der Waals surface area contributed by atoms with Gasteiger partial charge in [0.15, 0.2) is 11.1 Å². The molecule has 2 aromatic carbocycles. The van der Waals surface area contributed by atoms with Crippen LogP contribution in [0.15, 0.2) is 59.6 Å². The standard InChI is InChI=1S/C17H15NO2.C17H4.HNO2.5H2/c1-18(2)13-9-7-12(8-10-13)11-16-17(19)14-5-3-4-6-15(14)20-16;1-3-5-7-9-11-13-15-17-16-14-12-10-8-6-4-2;2-1-3;;;;;/h3-11H,1-2H3;1H,2H3;(H,2,3);5*1H/b16-11-;;;;;;;. The summed E-state index contributed by atoms with van der Waals surface area (Å²) in [6.07, 6.45) is 6.66. The molecule has 0 amide bonds. The minimum atomic E-state index is -0.0581. The van der Waals surface area contributed by atoms with Gasteiger partial charge in [0.05, 0.1) is 5.56 Å². The zero-order valence-corrected chi connectivity index (χ0v) is 21.8. The zero-order valence-electron chi connectivity index (χ0n) is 21.8. The van der Waals surface area contributed by atoms with Crippen LogP contribution >= 0.6 is 0 Å². The van der Waals surface area contributed by atoms with Crippen LogP contribution in [-0.4, -0.2) is 25.1 Å². The third-order valence-corrected chi connectivity index (χ3v) is 4.23. The van der Waals surface area contributed by atoms with E-state index in [4.69, 9.17) is 21.3 Å². The second kappa shape index (κ2) is 19.5. The first-order valence-corrected chi connectivity index (χ1v) is 11.1. The number of ether oxygens (including phenoxy) is 1. The minimum Gasteiger partial charge on any atom is -0.452 e. The van der Waals surface area contributed by atoms with E-state index in [1.165, 1.54) is 5.34 Å². The lowest BCUT2D eigenvalue weighted by molar-refractivity contribution is 0.101. The first-order chi connectivity index (χ1) is 19.5. The number of nitrogens with zero attached hydrogens (tertiary/aromatic N) is 2. The van der Waals surface area contributed by atoms with Gasteiger partial charge in [-0.3, -0.25) is 4.79 Å². The number of hydrogen-bond donors (Lipinski definition) is 1. The average molecular weight is 531 g/mol. The molecule has 0 fully saturated rings.